The van der Waals surface area contributed by atoms with E-state index in [1.807, 2.05) is 0 Å². The number of piperidine rings is 1. The van der Waals surface area contributed by atoms with Crippen LogP contribution in [0.25, 0.3) is 0 Å². The van der Waals surface area contributed by atoms with E-state index in [-0.39, 0.29) is 0 Å². The summed E-state index contributed by atoms with van der Waals surface area (Å²) in [6.07, 6.45) is 5.65. The Morgan fingerprint density at radius 1 is 1.33 bits per heavy atom. The molecule has 0 aliphatic carbocycles. The predicted octanol–water partition coefficient (Wildman–Crippen LogP) is 1.57. The third-order valence-electron chi connectivity index (χ3n) is 3.48. The fourth-order valence-corrected chi connectivity index (χ4v) is 2.41. The second-order valence-electron chi connectivity index (χ2n) is 4.83. The van der Waals surface area contributed by atoms with Crippen LogP contribution in [-0.2, 0) is 9.47 Å². The first-order chi connectivity index (χ1) is 7.36. The molecule has 2 saturated heterocycles. The summed E-state index contributed by atoms with van der Waals surface area (Å²) in [5.74, 6) is 0.641. The van der Waals surface area contributed by atoms with Crippen molar-refractivity contribution in [2.75, 3.05) is 26.3 Å². The van der Waals surface area contributed by atoms with Crippen LogP contribution in [0.1, 0.15) is 32.6 Å². The summed E-state index contributed by atoms with van der Waals surface area (Å²) in [5.41, 5.74) is 0. The molecule has 2 heterocycles. The fourth-order valence-electron chi connectivity index (χ4n) is 2.41. The second-order valence-corrected chi connectivity index (χ2v) is 4.83. The van der Waals surface area contributed by atoms with E-state index >= 15 is 0 Å². The molecule has 0 bridgehead atoms. The third kappa shape index (κ3) is 3.44. The maximum Gasteiger partial charge on any atom is 0.0808 e. The zero-order valence-electron chi connectivity index (χ0n) is 9.71. The Morgan fingerprint density at radius 3 is 3.00 bits per heavy atom. The number of hydrogen-bond donors (Lipinski definition) is 1. The van der Waals surface area contributed by atoms with Crippen LogP contribution in [0, 0.1) is 5.92 Å². The van der Waals surface area contributed by atoms with E-state index < -0.39 is 0 Å². The number of ether oxygens (including phenoxy) is 2. The van der Waals surface area contributed by atoms with Gasteiger partial charge in [-0.25, -0.2) is 0 Å². The lowest BCUT2D eigenvalue weighted by Crippen LogP contribution is -2.41. The monoisotopic (exact) mass is 213 g/mol. The zero-order chi connectivity index (χ0) is 10.5. The average Bonchev–Trinajstić information content (AvgIpc) is 2.29. The summed E-state index contributed by atoms with van der Waals surface area (Å²) >= 11 is 0. The molecule has 2 rings (SSSR count). The average molecular weight is 213 g/mol. The van der Waals surface area contributed by atoms with Crippen molar-refractivity contribution in [1.82, 2.24) is 5.32 Å². The quantitative estimate of drug-likeness (QED) is 0.772. The summed E-state index contributed by atoms with van der Waals surface area (Å²) < 4.78 is 11.6. The topological polar surface area (TPSA) is 30.5 Å². The maximum absolute atomic E-state index is 5.97. The van der Waals surface area contributed by atoms with Gasteiger partial charge in [0.1, 0.15) is 0 Å². The highest BCUT2D eigenvalue weighted by atomic mass is 16.5. The van der Waals surface area contributed by atoms with Gasteiger partial charge in [-0.1, -0.05) is 6.92 Å². The van der Waals surface area contributed by atoms with Crippen LogP contribution >= 0.6 is 0 Å². The van der Waals surface area contributed by atoms with Crippen LogP contribution in [0.2, 0.25) is 0 Å². The Bertz CT molecular complexity index is 180. The van der Waals surface area contributed by atoms with E-state index in [0.29, 0.717) is 18.1 Å². The van der Waals surface area contributed by atoms with Crippen LogP contribution in [0.15, 0.2) is 0 Å². The molecule has 88 valence electrons. The fraction of sp³-hybridized carbons (Fsp3) is 1.00. The van der Waals surface area contributed by atoms with Crippen molar-refractivity contribution < 1.29 is 9.47 Å². The third-order valence-corrected chi connectivity index (χ3v) is 3.48. The molecule has 2 aliphatic rings. The highest BCUT2D eigenvalue weighted by Gasteiger charge is 2.23. The Balaban J connectivity index is 1.67. The molecule has 0 saturated carbocycles. The minimum Gasteiger partial charge on any atom is -0.376 e. The van der Waals surface area contributed by atoms with Gasteiger partial charge in [0.25, 0.3) is 0 Å². The predicted molar refractivity (Wildman–Crippen MR) is 60.0 cm³/mol. The molecule has 15 heavy (non-hydrogen) atoms. The van der Waals surface area contributed by atoms with Crippen LogP contribution < -0.4 is 5.32 Å². The first-order valence-corrected chi connectivity index (χ1v) is 6.30. The minimum absolute atomic E-state index is 0.362. The SMILES string of the molecule is CC1CNCCC1OCC1CCCCO1. The Morgan fingerprint density at radius 2 is 2.27 bits per heavy atom. The summed E-state index contributed by atoms with van der Waals surface area (Å²) in [7, 11) is 0. The van der Waals surface area contributed by atoms with E-state index in [4.69, 9.17) is 9.47 Å². The van der Waals surface area contributed by atoms with Crippen molar-refractivity contribution in [1.29, 1.82) is 0 Å². The van der Waals surface area contributed by atoms with Crippen LogP contribution in [0.4, 0.5) is 0 Å². The number of nitrogens with one attached hydrogen (secondary N) is 1. The largest absolute Gasteiger partial charge is 0.376 e. The van der Waals surface area contributed by atoms with Crippen molar-refractivity contribution in [2.24, 2.45) is 5.92 Å². The zero-order valence-corrected chi connectivity index (χ0v) is 9.71. The Labute approximate surface area is 92.5 Å². The molecule has 0 spiro atoms. The molecule has 0 aromatic rings. The molecule has 0 aromatic heterocycles. The van der Waals surface area contributed by atoms with Gasteiger partial charge in [0.2, 0.25) is 0 Å². The van der Waals surface area contributed by atoms with Gasteiger partial charge < -0.3 is 14.8 Å². The molecular weight excluding hydrogens is 190 g/mol. The summed E-state index contributed by atoms with van der Waals surface area (Å²) in [5, 5.41) is 3.39. The van der Waals surface area contributed by atoms with Crippen molar-refractivity contribution in [3.05, 3.63) is 0 Å². The lowest BCUT2D eigenvalue weighted by molar-refractivity contribution is -0.0800. The Kier molecular flexibility index (Phi) is 4.42. The standard InChI is InChI=1S/C12H23NO2/c1-10-8-13-6-5-12(10)15-9-11-4-2-3-7-14-11/h10-13H,2-9H2,1H3. The second kappa shape index (κ2) is 5.83. The molecular formula is C12H23NO2. The molecule has 2 aliphatic heterocycles. The van der Waals surface area contributed by atoms with E-state index in [1.165, 1.54) is 19.3 Å². The van der Waals surface area contributed by atoms with Gasteiger partial charge in [-0.15, -0.1) is 0 Å². The number of hydrogen-bond acceptors (Lipinski definition) is 3. The molecule has 1 N–H and O–H groups in total. The van der Waals surface area contributed by atoms with E-state index in [9.17, 15) is 0 Å². The highest BCUT2D eigenvalue weighted by Crippen LogP contribution is 2.18. The van der Waals surface area contributed by atoms with Gasteiger partial charge in [-0.05, 0) is 38.1 Å². The van der Waals surface area contributed by atoms with E-state index in [1.54, 1.807) is 0 Å². The molecule has 0 radical (unpaired) electrons. The van der Waals surface area contributed by atoms with Crippen LogP contribution in [0.5, 0.6) is 0 Å². The van der Waals surface area contributed by atoms with Gasteiger partial charge in [-0.2, -0.15) is 0 Å². The summed E-state index contributed by atoms with van der Waals surface area (Å²) in [6.45, 7) is 6.18. The Hall–Kier alpha value is -0.120. The maximum atomic E-state index is 5.97. The molecule has 3 unspecified atom stereocenters. The van der Waals surface area contributed by atoms with Crippen LogP contribution in [-0.4, -0.2) is 38.5 Å². The van der Waals surface area contributed by atoms with Crippen LogP contribution in [0.3, 0.4) is 0 Å². The van der Waals surface area contributed by atoms with Crippen molar-refractivity contribution >= 4 is 0 Å². The van der Waals surface area contributed by atoms with E-state index in [0.717, 1.165) is 32.7 Å². The molecule has 3 atom stereocenters. The van der Waals surface area contributed by atoms with E-state index in [2.05, 4.69) is 12.2 Å². The van der Waals surface area contributed by atoms with Gasteiger partial charge in [0, 0.05) is 13.2 Å². The lowest BCUT2D eigenvalue weighted by Gasteiger charge is -2.31. The first-order valence-electron chi connectivity index (χ1n) is 6.30. The van der Waals surface area contributed by atoms with Gasteiger partial charge in [0.15, 0.2) is 0 Å². The van der Waals surface area contributed by atoms with Gasteiger partial charge >= 0.3 is 0 Å². The summed E-state index contributed by atoms with van der Waals surface area (Å²) in [4.78, 5) is 0. The molecule has 3 nitrogen and oxygen atoms in total. The summed E-state index contributed by atoms with van der Waals surface area (Å²) in [6, 6.07) is 0. The number of rotatable bonds is 3. The molecule has 0 amide bonds. The van der Waals surface area contributed by atoms with Crippen molar-refractivity contribution in [3.63, 3.8) is 0 Å². The normalized spacial score (nSPS) is 37.8. The molecule has 2 fully saturated rings. The lowest BCUT2D eigenvalue weighted by atomic mass is 9.98. The first kappa shape index (κ1) is 11.4. The van der Waals surface area contributed by atoms with Crippen molar-refractivity contribution in [2.45, 2.75) is 44.8 Å². The highest BCUT2D eigenvalue weighted by molar-refractivity contribution is 4.76. The molecule has 3 heteroatoms. The van der Waals surface area contributed by atoms with Gasteiger partial charge in [0.05, 0.1) is 18.8 Å². The molecule has 0 aromatic carbocycles. The minimum atomic E-state index is 0.362. The smallest absolute Gasteiger partial charge is 0.0808 e. The van der Waals surface area contributed by atoms with Gasteiger partial charge in [-0.3, -0.25) is 0 Å². The van der Waals surface area contributed by atoms with Crippen molar-refractivity contribution in [3.8, 4) is 0 Å².